The molecule has 2 aromatic rings. The molecule has 2 rings (SSSR count). The molecule has 0 radical (unpaired) electrons. The topological polar surface area (TPSA) is 12.9 Å². The van der Waals surface area contributed by atoms with Gasteiger partial charge in [0, 0.05) is 16.2 Å². The zero-order valence-electron chi connectivity index (χ0n) is 9.71. The van der Waals surface area contributed by atoms with Crippen molar-refractivity contribution < 1.29 is 0 Å². The first-order chi connectivity index (χ1) is 7.58. The predicted octanol–water partition coefficient (Wildman–Crippen LogP) is 4.44. The quantitative estimate of drug-likeness (QED) is 0.750. The van der Waals surface area contributed by atoms with Crippen LogP contribution in [0.15, 0.2) is 34.9 Å². The van der Waals surface area contributed by atoms with Crippen LogP contribution >= 0.6 is 15.9 Å². The summed E-state index contributed by atoms with van der Waals surface area (Å²) in [5.74, 6) is 0. The Bertz CT molecular complexity index is 483. The minimum atomic E-state index is 1.03. The van der Waals surface area contributed by atoms with Gasteiger partial charge in [0.1, 0.15) is 0 Å². The molecule has 0 fully saturated rings. The Balaban J connectivity index is 2.59. The molecule has 0 N–H and O–H groups in total. The van der Waals surface area contributed by atoms with Gasteiger partial charge in [0.25, 0.3) is 0 Å². The lowest BCUT2D eigenvalue weighted by atomic mass is 10.00. The van der Waals surface area contributed by atoms with Crippen LogP contribution in [0.3, 0.4) is 0 Å². The SMILES string of the molecule is Cc1ccc(-c2ncc(Br)cc2C)c(C)c1. The zero-order chi connectivity index (χ0) is 11.7. The van der Waals surface area contributed by atoms with Crippen molar-refractivity contribution in [3.8, 4) is 11.3 Å². The van der Waals surface area contributed by atoms with Crippen molar-refractivity contribution in [2.75, 3.05) is 0 Å². The van der Waals surface area contributed by atoms with E-state index in [1.807, 2.05) is 6.20 Å². The van der Waals surface area contributed by atoms with Gasteiger partial charge in [-0.2, -0.15) is 0 Å². The highest BCUT2D eigenvalue weighted by atomic mass is 79.9. The Morgan fingerprint density at radius 3 is 2.38 bits per heavy atom. The standard InChI is InChI=1S/C14H14BrN/c1-9-4-5-13(10(2)6-9)14-11(3)7-12(15)8-16-14/h4-8H,1-3H3. The Hall–Kier alpha value is -1.15. The lowest BCUT2D eigenvalue weighted by Gasteiger charge is -2.09. The monoisotopic (exact) mass is 275 g/mol. The van der Waals surface area contributed by atoms with Crippen LogP contribution in [0, 0.1) is 20.8 Å². The Kier molecular flexibility index (Phi) is 3.10. The summed E-state index contributed by atoms with van der Waals surface area (Å²) in [6.07, 6.45) is 1.85. The number of benzene rings is 1. The van der Waals surface area contributed by atoms with E-state index in [2.05, 4.69) is 66.0 Å². The summed E-state index contributed by atoms with van der Waals surface area (Å²) in [5, 5.41) is 0. The molecule has 16 heavy (non-hydrogen) atoms. The molecule has 2 heteroatoms. The fourth-order valence-electron chi connectivity index (χ4n) is 1.90. The van der Waals surface area contributed by atoms with Gasteiger partial charge in [-0.15, -0.1) is 0 Å². The van der Waals surface area contributed by atoms with Crippen LogP contribution in [0.5, 0.6) is 0 Å². The van der Waals surface area contributed by atoms with Crippen molar-refractivity contribution >= 4 is 15.9 Å². The number of hydrogen-bond donors (Lipinski definition) is 0. The van der Waals surface area contributed by atoms with Crippen LogP contribution in [0.4, 0.5) is 0 Å². The third-order valence-corrected chi connectivity index (χ3v) is 3.12. The van der Waals surface area contributed by atoms with Gasteiger partial charge < -0.3 is 0 Å². The molecule has 1 nitrogen and oxygen atoms in total. The molecule has 0 aliphatic heterocycles. The molecular weight excluding hydrogens is 262 g/mol. The molecule has 1 aromatic heterocycles. The third kappa shape index (κ3) is 2.17. The van der Waals surface area contributed by atoms with Gasteiger partial charge in [-0.1, -0.05) is 23.8 Å². The van der Waals surface area contributed by atoms with E-state index in [0.29, 0.717) is 0 Å². The largest absolute Gasteiger partial charge is 0.255 e. The van der Waals surface area contributed by atoms with Crippen molar-refractivity contribution in [3.63, 3.8) is 0 Å². The summed E-state index contributed by atoms with van der Waals surface area (Å²) < 4.78 is 1.03. The normalized spacial score (nSPS) is 10.5. The highest BCUT2D eigenvalue weighted by molar-refractivity contribution is 9.10. The van der Waals surface area contributed by atoms with Crippen molar-refractivity contribution in [1.29, 1.82) is 0 Å². The van der Waals surface area contributed by atoms with E-state index in [9.17, 15) is 0 Å². The summed E-state index contributed by atoms with van der Waals surface area (Å²) in [5.41, 5.74) is 6.05. The van der Waals surface area contributed by atoms with E-state index >= 15 is 0 Å². The highest BCUT2D eigenvalue weighted by Gasteiger charge is 2.06. The van der Waals surface area contributed by atoms with Crippen molar-refractivity contribution in [1.82, 2.24) is 4.98 Å². The summed E-state index contributed by atoms with van der Waals surface area (Å²) in [6, 6.07) is 8.57. The number of nitrogens with zero attached hydrogens (tertiary/aromatic N) is 1. The fraction of sp³-hybridized carbons (Fsp3) is 0.214. The minimum Gasteiger partial charge on any atom is -0.255 e. The molecule has 0 amide bonds. The molecule has 0 aliphatic rings. The number of rotatable bonds is 1. The van der Waals surface area contributed by atoms with Gasteiger partial charge in [-0.3, -0.25) is 4.98 Å². The Morgan fingerprint density at radius 2 is 1.75 bits per heavy atom. The smallest absolute Gasteiger partial charge is 0.0734 e. The van der Waals surface area contributed by atoms with Gasteiger partial charge in [0.15, 0.2) is 0 Å². The summed E-state index contributed by atoms with van der Waals surface area (Å²) >= 11 is 3.44. The van der Waals surface area contributed by atoms with Crippen LogP contribution in [-0.2, 0) is 0 Å². The minimum absolute atomic E-state index is 1.03. The number of halogens is 1. The summed E-state index contributed by atoms with van der Waals surface area (Å²) in [7, 11) is 0. The molecule has 0 aliphatic carbocycles. The second-order valence-corrected chi connectivity index (χ2v) is 5.05. The Labute approximate surface area is 105 Å². The molecule has 0 saturated carbocycles. The second-order valence-electron chi connectivity index (χ2n) is 4.14. The number of pyridine rings is 1. The fourth-order valence-corrected chi connectivity index (χ4v) is 2.35. The number of aromatic nitrogens is 1. The van der Waals surface area contributed by atoms with Gasteiger partial charge >= 0.3 is 0 Å². The van der Waals surface area contributed by atoms with Gasteiger partial charge in [0.05, 0.1) is 5.69 Å². The van der Waals surface area contributed by atoms with Crippen LogP contribution in [-0.4, -0.2) is 4.98 Å². The van der Waals surface area contributed by atoms with Crippen LogP contribution in [0.25, 0.3) is 11.3 Å². The first kappa shape index (κ1) is 11.3. The molecule has 1 aromatic carbocycles. The second kappa shape index (κ2) is 4.38. The summed E-state index contributed by atoms with van der Waals surface area (Å²) in [4.78, 5) is 4.49. The van der Waals surface area contributed by atoms with Gasteiger partial charge in [-0.25, -0.2) is 0 Å². The maximum atomic E-state index is 4.49. The molecule has 0 atom stereocenters. The van der Waals surface area contributed by atoms with Crippen LogP contribution in [0.2, 0.25) is 0 Å². The molecule has 1 heterocycles. The maximum absolute atomic E-state index is 4.49. The van der Waals surface area contributed by atoms with Crippen molar-refractivity contribution in [2.24, 2.45) is 0 Å². The van der Waals surface area contributed by atoms with Crippen LogP contribution in [0.1, 0.15) is 16.7 Å². The average molecular weight is 276 g/mol. The van der Waals surface area contributed by atoms with Crippen molar-refractivity contribution in [2.45, 2.75) is 20.8 Å². The van der Waals surface area contributed by atoms with E-state index in [4.69, 9.17) is 0 Å². The molecular formula is C14H14BrN. The van der Waals surface area contributed by atoms with E-state index < -0.39 is 0 Å². The lowest BCUT2D eigenvalue weighted by Crippen LogP contribution is -1.91. The number of hydrogen-bond acceptors (Lipinski definition) is 1. The highest BCUT2D eigenvalue weighted by Crippen LogP contribution is 2.26. The molecule has 0 bridgehead atoms. The first-order valence-corrected chi connectivity index (χ1v) is 6.07. The zero-order valence-corrected chi connectivity index (χ0v) is 11.3. The van der Waals surface area contributed by atoms with Crippen molar-refractivity contribution in [3.05, 3.63) is 51.6 Å². The van der Waals surface area contributed by atoms with Crippen LogP contribution < -0.4 is 0 Å². The molecule has 0 unspecified atom stereocenters. The maximum Gasteiger partial charge on any atom is 0.0734 e. The van der Waals surface area contributed by atoms with E-state index in [0.717, 1.165) is 10.2 Å². The first-order valence-electron chi connectivity index (χ1n) is 5.27. The molecule has 0 saturated heterocycles. The third-order valence-electron chi connectivity index (χ3n) is 2.68. The summed E-state index contributed by atoms with van der Waals surface area (Å²) in [6.45, 7) is 6.33. The van der Waals surface area contributed by atoms with Gasteiger partial charge in [0.2, 0.25) is 0 Å². The van der Waals surface area contributed by atoms with E-state index in [1.165, 1.54) is 22.3 Å². The average Bonchev–Trinajstić information content (AvgIpc) is 2.19. The number of aryl methyl sites for hydroxylation is 3. The lowest BCUT2D eigenvalue weighted by molar-refractivity contribution is 1.24. The predicted molar refractivity (Wildman–Crippen MR) is 71.6 cm³/mol. The Morgan fingerprint density at radius 1 is 1.00 bits per heavy atom. The van der Waals surface area contributed by atoms with Gasteiger partial charge in [-0.05, 0) is 53.9 Å². The van der Waals surface area contributed by atoms with E-state index in [1.54, 1.807) is 0 Å². The molecule has 82 valence electrons. The van der Waals surface area contributed by atoms with E-state index in [-0.39, 0.29) is 0 Å². The molecule has 0 spiro atoms.